The summed E-state index contributed by atoms with van der Waals surface area (Å²) in [7, 11) is -3.91. The van der Waals surface area contributed by atoms with Crippen LogP contribution in [0.2, 0.25) is 0 Å². The van der Waals surface area contributed by atoms with Gasteiger partial charge < -0.3 is 14.8 Å². The maximum absolute atomic E-state index is 12.9. The highest BCUT2D eigenvalue weighted by atomic mass is 32.2. The van der Waals surface area contributed by atoms with E-state index < -0.39 is 15.9 Å². The zero-order chi connectivity index (χ0) is 22.8. The quantitative estimate of drug-likeness (QED) is 0.413. The molecule has 0 aliphatic carbocycles. The molecule has 0 unspecified atom stereocenters. The summed E-state index contributed by atoms with van der Waals surface area (Å²) < 4.78 is 39.6. The number of amides is 1. The lowest BCUT2D eigenvalue weighted by Crippen LogP contribution is -2.16. The summed E-state index contributed by atoms with van der Waals surface area (Å²) >= 11 is 0. The van der Waals surface area contributed by atoms with E-state index in [9.17, 15) is 13.2 Å². The van der Waals surface area contributed by atoms with Gasteiger partial charge in [0.15, 0.2) is 11.5 Å². The van der Waals surface area contributed by atoms with Crippen LogP contribution in [-0.2, 0) is 10.0 Å². The first-order valence-electron chi connectivity index (χ1n) is 10.2. The third kappa shape index (κ3) is 4.46. The molecule has 4 aromatic rings. The molecule has 1 aromatic heterocycles. The van der Waals surface area contributed by atoms with Gasteiger partial charge >= 0.3 is 0 Å². The number of ether oxygens (including phenoxy) is 2. The van der Waals surface area contributed by atoms with Gasteiger partial charge in [-0.2, -0.15) is 5.10 Å². The highest BCUT2D eigenvalue weighted by Gasteiger charge is 2.18. The number of anilines is 2. The number of H-pyrrole nitrogens is 1. The topological polar surface area (TPSA) is 122 Å². The van der Waals surface area contributed by atoms with Gasteiger partial charge in [0.05, 0.1) is 29.8 Å². The molecule has 0 atom stereocenters. The molecule has 3 N–H and O–H groups in total. The Kier molecular flexibility index (Phi) is 5.35. The summed E-state index contributed by atoms with van der Waals surface area (Å²) in [6, 6.07) is 16.0. The summed E-state index contributed by atoms with van der Waals surface area (Å²) in [6.07, 6.45) is 2.39. The number of carbonyl (C=O) groups excluding carboxylic acids is 1. The number of fused-ring (bicyclic) bond motifs is 2. The molecular formula is C23H20N4O5S. The molecule has 0 saturated heterocycles. The maximum Gasteiger partial charge on any atom is 0.261 e. The van der Waals surface area contributed by atoms with E-state index in [1.165, 1.54) is 18.2 Å². The van der Waals surface area contributed by atoms with Crippen molar-refractivity contribution in [2.45, 2.75) is 11.3 Å². The Hall–Kier alpha value is -4.05. The Balaban J connectivity index is 1.34. The van der Waals surface area contributed by atoms with Crippen LogP contribution in [0.3, 0.4) is 0 Å². The fourth-order valence-electron chi connectivity index (χ4n) is 3.47. The van der Waals surface area contributed by atoms with Gasteiger partial charge in [-0.3, -0.25) is 14.6 Å². The highest BCUT2D eigenvalue weighted by molar-refractivity contribution is 7.92. The summed E-state index contributed by atoms with van der Waals surface area (Å²) in [5.41, 5.74) is 1.91. The van der Waals surface area contributed by atoms with Crippen LogP contribution in [-0.4, -0.2) is 37.7 Å². The minimum Gasteiger partial charge on any atom is -0.490 e. The third-order valence-corrected chi connectivity index (χ3v) is 6.48. The van der Waals surface area contributed by atoms with Crippen molar-refractivity contribution in [1.82, 2.24) is 10.2 Å². The molecule has 0 saturated carbocycles. The SMILES string of the molecule is O=C(Nc1ccc2c(c1)OCCCO2)c1cccc(S(=O)(=O)Nc2ccc3[nH]ncc3c2)c1. The summed E-state index contributed by atoms with van der Waals surface area (Å²) in [5.74, 6) is 0.736. The minimum absolute atomic E-state index is 0.0268. The molecule has 2 heterocycles. The lowest BCUT2D eigenvalue weighted by Gasteiger charge is -2.12. The average molecular weight is 465 g/mol. The van der Waals surface area contributed by atoms with Gasteiger partial charge in [-0.15, -0.1) is 0 Å². The molecule has 3 aromatic carbocycles. The summed E-state index contributed by atoms with van der Waals surface area (Å²) in [4.78, 5) is 12.8. The van der Waals surface area contributed by atoms with E-state index in [-0.39, 0.29) is 10.5 Å². The zero-order valence-corrected chi connectivity index (χ0v) is 18.2. The number of carbonyl (C=O) groups is 1. The molecule has 1 aliphatic heterocycles. The first-order chi connectivity index (χ1) is 16.0. The first-order valence-corrected chi connectivity index (χ1v) is 11.7. The smallest absolute Gasteiger partial charge is 0.261 e. The number of aromatic nitrogens is 2. The molecule has 1 amide bonds. The number of hydrogen-bond acceptors (Lipinski definition) is 6. The van der Waals surface area contributed by atoms with E-state index >= 15 is 0 Å². The van der Waals surface area contributed by atoms with E-state index in [1.807, 2.05) is 0 Å². The second-order valence-corrected chi connectivity index (χ2v) is 9.15. The Morgan fingerprint density at radius 2 is 1.76 bits per heavy atom. The number of hydrogen-bond donors (Lipinski definition) is 3. The van der Waals surface area contributed by atoms with Crippen LogP contribution in [0, 0.1) is 0 Å². The van der Waals surface area contributed by atoms with Crippen molar-refractivity contribution in [2.24, 2.45) is 0 Å². The monoisotopic (exact) mass is 464 g/mol. The molecule has 1 aliphatic rings. The largest absolute Gasteiger partial charge is 0.490 e. The number of nitrogens with zero attached hydrogens (tertiary/aromatic N) is 1. The molecule has 0 spiro atoms. The van der Waals surface area contributed by atoms with Crippen LogP contribution in [0.25, 0.3) is 10.9 Å². The van der Waals surface area contributed by atoms with E-state index in [4.69, 9.17) is 9.47 Å². The fraction of sp³-hybridized carbons (Fsp3) is 0.130. The van der Waals surface area contributed by atoms with Crippen molar-refractivity contribution >= 4 is 38.2 Å². The number of aromatic amines is 1. The van der Waals surface area contributed by atoms with Crippen LogP contribution >= 0.6 is 0 Å². The highest BCUT2D eigenvalue weighted by Crippen LogP contribution is 2.32. The van der Waals surface area contributed by atoms with Gasteiger partial charge in [0.1, 0.15) is 0 Å². The van der Waals surface area contributed by atoms with Gasteiger partial charge in [0.2, 0.25) is 0 Å². The number of benzene rings is 3. The molecule has 5 rings (SSSR count). The lowest BCUT2D eigenvalue weighted by atomic mass is 10.2. The minimum atomic E-state index is -3.91. The molecule has 0 bridgehead atoms. The van der Waals surface area contributed by atoms with E-state index in [0.29, 0.717) is 36.1 Å². The van der Waals surface area contributed by atoms with E-state index in [1.54, 1.807) is 48.7 Å². The van der Waals surface area contributed by atoms with Crippen molar-refractivity contribution in [3.63, 3.8) is 0 Å². The predicted molar refractivity (Wildman–Crippen MR) is 123 cm³/mol. The van der Waals surface area contributed by atoms with Gasteiger partial charge in [-0.05, 0) is 48.5 Å². The van der Waals surface area contributed by atoms with Gasteiger partial charge in [0.25, 0.3) is 15.9 Å². The lowest BCUT2D eigenvalue weighted by molar-refractivity contribution is 0.102. The molecule has 9 nitrogen and oxygen atoms in total. The molecule has 10 heteroatoms. The maximum atomic E-state index is 12.9. The Morgan fingerprint density at radius 3 is 2.64 bits per heavy atom. The molecule has 0 fully saturated rings. The average Bonchev–Trinajstić information content (AvgIpc) is 3.15. The molecule has 168 valence electrons. The Bertz CT molecular complexity index is 1450. The number of sulfonamides is 1. The standard InChI is InChI=1S/C23H20N4O5S/c28-23(25-17-6-8-21-22(13-17)32-10-2-9-31-21)15-3-1-4-19(12-15)33(29,30)27-18-5-7-20-16(11-18)14-24-26-20/h1,3-8,11-14,27H,2,9-10H2,(H,24,26)(H,25,28). The van der Waals surface area contributed by atoms with E-state index in [2.05, 4.69) is 20.2 Å². The molecule has 0 radical (unpaired) electrons. The zero-order valence-electron chi connectivity index (χ0n) is 17.4. The van der Waals surface area contributed by atoms with Gasteiger partial charge in [-0.25, -0.2) is 8.42 Å². The molecular weight excluding hydrogens is 444 g/mol. The Morgan fingerprint density at radius 1 is 0.939 bits per heavy atom. The molecule has 33 heavy (non-hydrogen) atoms. The van der Waals surface area contributed by atoms with Crippen LogP contribution in [0.1, 0.15) is 16.8 Å². The van der Waals surface area contributed by atoms with Gasteiger partial charge in [-0.1, -0.05) is 6.07 Å². The second-order valence-electron chi connectivity index (χ2n) is 7.47. The summed E-state index contributed by atoms with van der Waals surface area (Å²) in [6.45, 7) is 1.11. The van der Waals surface area contributed by atoms with Crippen molar-refractivity contribution < 1.29 is 22.7 Å². The van der Waals surface area contributed by atoms with Gasteiger partial charge in [0, 0.05) is 34.8 Å². The number of rotatable bonds is 5. The third-order valence-electron chi connectivity index (χ3n) is 5.10. The number of nitrogens with one attached hydrogen (secondary N) is 3. The fourth-order valence-corrected chi connectivity index (χ4v) is 4.56. The van der Waals surface area contributed by atoms with E-state index in [0.717, 1.165) is 17.3 Å². The van der Waals surface area contributed by atoms with Crippen molar-refractivity contribution in [1.29, 1.82) is 0 Å². The Labute approximate surface area is 189 Å². The normalized spacial score (nSPS) is 13.3. The second kappa shape index (κ2) is 8.47. The predicted octanol–water partition coefficient (Wildman–Crippen LogP) is 3.78. The van der Waals surface area contributed by atoms with Crippen LogP contribution < -0.4 is 19.5 Å². The van der Waals surface area contributed by atoms with Crippen LogP contribution in [0.4, 0.5) is 11.4 Å². The van der Waals surface area contributed by atoms with Crippen molar-refractivity contribution in [3.05, 3.63) is 72.4 Å². The van der Waals surface area contributed by atoms with Crippen molar-refractivity contribution in [3.8, 4) is 11.5 Å². The van der Waals surface area contributed by atoms with Crippen molar-refractivity contribution in [2.75, 3.05) is 23.3 Å². The first kappa shape index (κ1) is 20.8. The van der Waals surface area contributed by atoms with Crippen LogP contribution in [0.5, 0.6) is 11.5 Å². The van der Waals surface area contributed by atoms with Crippen LogP contribution in [0.15, 0.2) is 71.8 Å². The summed E-state index contributed by atoms with van der Waals surface area (Å²) in [5, 5.41) is 10.3.